The molecule has 0 radical (unpaired) electrons. The normalized spacial score (nSPS) is 20.4. The first-order valence-electron chi connectivity index (χ1n) is 12.6. The minimum Gasteiger partial charge on any atom is -0.404 e. The molecule has 1 heterocycles. The van der Waals surface area contributed by atoms with Crippen LogP contribution in [0.1, 0.15) is 41.0 Å². The fourth-order valence-electron chi connectivity index (χ4n) is 5.08. The van der Waals surface area contributed by atoms with Crippen molar-refractivity contribution in [2.24, 2.45) is 5.92 Å². The first-order valence-corrected chi connectivity index (χ1v) is 14.5. The Labute approximate surface area is 218 Å². The number of hydrogen-bond donors (Lipinski definition) is 0. The van der Waals surface area contributed by atoms with E-state index in [1.807, 2.05) is 25.1 Å². The number of Topliss-reactive ketones (excluding diaryl/α,β-unsaturated/α-hetero) is 1. The molecule has 0 unspecified atom stereocenters. The highest BCUT2D eigenvalue weighted by molar-refractivity contribution is 6.99. The second-order valence-electron chi connectivity index (χ2n) is 10.2. The van der Waals surface area contributed by atoms with E-state index >= 15 is 0 Å². The maximum Gasteiger partial charge on any atom is 0.261 e. The SMILES string of the molecule is C=C/C=C(\C)[C@H]1C=C[C@@H](CO[Si](c2ccccc2)(c2ccccc2)C(C)(C)C)O[C@@H]1CC(=O)C#CC. The predicted molar refractivity (Wildman–Crippen MR) is 152 cm³/mol. The molecule has 0 fully saturated rings. The van der Waals surface area contributed by atoms with E-state index in [1.165, 1.54) is 10.4 Å². The Morgan fingerprint density at radius 2 is 1.64 bits per heavy atom. The Hall–Kier alpha value is -2.97. The number of allylic oxidation sites excluding steroid dienone is 2. The van der Waals surface area contributed by atoms with Crippen molar-refractivity contribution in [3.63, 3.8) is 0 Å². The molecule has 36 heavy (non-hydrogen) atoms. The molecule has 2 aromatic carbocycles. The van der Waals surface area contributed by atoms with Crippen LogP contribution in [0.2, 0.25) is 5.04 Å². The van der Waals surface area contributed by atoms with Crippen molar-refractivity contribution in [2.75, 3.05) is 6.61 Å². The molecule has 0 spiro atoms. The minimum absolute atomic E-state index is 0.00489. The number of carbonyl (C=O) groups is 1. The van der Waals surface area contributed by atoms with Crippen LogP contribution in [0.15, 0.2) is 97.1 Å². The van der Waals surface area contributed by atoms with Crippen molar-refractivity contribution in [2.45, 2.75) is 58.3 Å². The van der Waals surface area contributed by atoms with Crippen LogP contribution in [-0.4, -0.2) is 32.9 Å². The van der Waals surface area contributed by atoms with E-state index in [9.17, 15) is 4.79 Å². The summed E-state index contributed by atoms with van der Waals surface area (Å²) in [7, 11) is -2.68. The third kappa shape index (κ3) is 6.23. The smallest absolute Gasteiger partial charge is 0.261 e. The van der Waals surface area contributed by atoms with Gasteiger partial charge in [0.2, 0.25) is 5.78 Å². The molecule has 3 atom stereocenters. The quantitative estimate of drug-likeness (QED) is 0.148. The van der Waals surface area contributed by atoms with Crippen molar-refractivity contribution >= 4 is 24.5 Å². The van der Waals surface area contributed by atoms with Gasteiger partial charge in [0, 0.05) is 12.3 Å². The topological polar surface area (TPSA) is 35.5 Å². The summed E-state index contributed by atoms with van der Waals surface area (Å²) in [6.07, 6.45) is 7.66. The lowest BCUT2D eigenvalue weighted by atomic mass is 9.88. The summed E-state index contributed by atoms with van der Waals surface area (Å²) < 4.78 is 13.6. The van der Waals surface area contributed by atoms with Gasteiger partial charge in [-0.05, 0) is 35.2 Å². The summed E-state index contributed by atoms with van der Waals surface area (Å²) in [5.41, 5.74) is 1.11. The Morgan fingerprint density at radius 3 is 2.14 bits per heavy atom. The second-order valence-corrected chi connectivity index (χ2v) is 14.6. The molecule has 0 aliphatic carbocycles. The van der Waals surface area contributed by atoms with Crippen LogP contribution in [-0.2, 0) is 14.0 Å². The molecule has 0 amide bonds. The van der Waals surface area contributed by atoms with Gasteiger partial charge in [0.25, 0.3) is 8.32 Å². The van der Waals surface area contributed by atoms with Gasteiger partial charge in [-0.1, -0.05) is 124 Å². The Balaban J connectivity index is 1.96. The molecule has 0 saturated carbocycles. The summed E-state index contributed by atoms with van der Waals surface area (Å²) in [5.74, 6) is 5.26. The first-order chi connectivity index (χ1) is 17.2. The Bertz CT molecular complexity index is 1110. The van der Waals surface area contributed by atoms with E-state index in [0.717, 1.165) is 5.57 Å². The van der Waals surface area contributed by atoms with Gasteiger partial charge in [-0.25, -0.2) is 0 Å². The molecular weight excluding hydrogens is 460 g/mol. The molecule has 0 N–H and O–H groups in total. The number of ether oxygens (including phenoxy) is 1. The van der Waals surface area contributed by atoms with Crippen molar-refractivity contribution in [1.82, 2.24) is 0 Å². The highest BCUT2D eigenvalue weighted by atomic mass is 28.4. The number of carbonyl (C=O) groups excluding carboxylic acids is 1. The Morgan fingerprint density at radius 1 is 1.06 bits per heavy atom. The zero-order valence-electron chi connectivity index (χ0n) is 22.2. The summed E-state index contributed by atoms with van der Waals surface area (Å²) in [6, 6.07) is 21.2. The van der Waals surface area contributed by atoms with Crippen molar-refractivity contribution in [3.05, 3.63) is 97.1 Å². The first kappa shape index (κ1) is 27.6. The number of rotatable bonds is 9. The third-order valence-corrected chi connectivity index (χ3v) is 11.7. The highest BCUT2D eigenvalue weighted by Crippen LogP contribution is 2.37. The van der Waals surface area contributed by atoms with Crippen LogP contribution in [0.5, 0.6) is 0 Å². The molecule has 188 valence electrons. The summed E-state index contributed by atoms with van der Waals surface area (Å²) in [4.78, 5) is 12.4. The lowest BCUT2D eigenvalue weighted by Crippen LogP contribution is -2.67. The van der Waals surface area contributed by atoms with Gasteiger partial charge < -0.3 is 9.16 Å². The second kappa shape index (κ2) is 12.3. The van der Waals surface area contributed by atoms with E-state index in [2.05, 4.69) is 99.9 Å². The van der Waals surface area contributed by atoms with Crippen LogP contribution in [0.25, 0.3) is 0 Å². The fraction of sp³-hybridized carbons (Fsp3) is 0.344. The van der Waals surface area contributed by atoms with Gasteiger partial charge in [0.1, 0.15) is 0 Å². The van der Waals surface area contributed by atoms with Gasteiger partial charge in [-0.3, -0.25) is 4.79 Å². The monoisotopic (exact) mass is 498 g/mol. The number of benzene rings is 2. The van der Waals surface area contributed by atoms with Crippen molar-refractivity contribution in [3.8, 4) is 11.8 Å². The molecule has 0 bridgehead atoms. The molecule has 3 nitrogen and oxygen atoms in total. The lowest BCUT2D eigenvalue weighted by Gasteiger charge is -2.44. The molecule has 2 aromatic rings. The lowest BCUT2D eigenvalue weighted by molar-refractivity contribution is -0.119. The summed E-state index contributed by atoms with van der Waals surface area (Å²) in [5, 5.41) is 2.35. The standard InChI is InChI=1S/C32H38O3Si/c1-7-15-25(3)30-22-21-27(35-31(30)23-26(33)16-8-2)24-34-36(32(4,5)6,28-17-11-9-12-18-28)29-19-13-10-14-20-29/h7,9-15,17-22,27,30-31H,1,23-24H2,2-6H3/b25-15+/t27-,30+,31+/m0/s1. The molecule has 0 aromatic heterocycles. The van der Waals surface area contributed by atoms with E-state index in [1.54, 1.807) is 13.0 Å². The van der Waals surface area contributed by atoms with Gasteiger partial charge in [0.15, 0.2) is 0 Å². The zero-order valence-corrected chi connectivity index (χ0v) is 23.2. The fourth-order valence-corrected chi connectivity index (χ4v) is 9.65. The van der Waals surface area contributed by atoms with Crippen LogP contribution in [0.4, 0.5) is 0 Å². The van der Waals surface area contributed by atoms with E-state index < -0.39 is 8.32 Å². The summed E-state index contributed by atoms with van der Waals surface area (Å²) >= 11 is 0. The maximum absolute atomic E-state index is 12.4. The largest absolute Gasteiger partial charge is 0.404 e. The van der Waals surface area contributed by atoms with E-state index in [-0.39, 0.29) is 35.4 Å². The average molecular weight is 499 g/mol. The number of hydrogen-bond acceptors (Lipinski definition) is 3. The van der Waals surface area contributed by atoms with Gasteiger partial charge >= 0.3 is 0 Å². The molecule has 1 aliphatic rings. The minimum atomic E-state index is -2.68. The maximum atomic E-state index is 12.4. The highest BCUT2D eigenvalue weighted by Gasteiger charge is 2.50. The van der Waals surface area contributed by atoms with E-state index in [0.29, 0.717) is 6.61 Å². The molecule has 3 rings (SSSR count). The van der Waals surface area contributed by atoms with E-state index in [4.69, 9.17) is 9.16 Å². The average Bonchev–Trinajstić information content (AvgIpc) is 2.85. The zero-order chi connectivity index (χ0) is 26.2. The Kier molecular flexibility index (Phi) is 9.45. The molecule has 1 aliphatic heterocycles. The van der Waals surface area contributed by atoms with Gasteiger partial charge in [0.05, 0.1) is 18.8 Å². The van der Waals surface area contributed by atoms with Crippen LogP contribution >= 0.6 is 0 Å². The van der Waals surface area contributed by atoms with Crippen LogP contribution in [0.3, 0.4) is 0 Å². The van der Waals surface area contributed by atoms with Crippen molar-refractivity contribution < 1.29 is 14.0 Å². The third-order valence-electron chi connectivity index (χ3n) is 6.72. The van der Waals surface area contributed by atoms with Crippen LogP contribution in [0, 0.1) is 17.8 Å². The number of ketones is 1. The molecular formula is C32H38O3Si. The van der Waals surface area contributed by atoms with Crippen molar-refractivity contribution in [1.29, 1.82) is 0 Å². The van der Waals surface area contributed by atoms with Crippen LogP contribution < -0.4 is 10.4 Å². The van der Waals surface area contributed by atoms with Gasteiger partial charge in [-0.15, -0.1) is 0 Å². The summed E-state index contributed by atoms with van der Waals surface area (Å²) in [6.45, 7) is 14.7. The predicted octanol–water partition coefficient (Wildman–Crippen LogP) is 5.62. The van der Waals surface area contributed by atoms with Gasteiger partial charge in [-0.2, -0.15) is 0 Å². The molecule has 4 heteroatoms. The molecule has 0 saturated heterocycles.